The number of esters is 2. The standard InChI is InChI=1S/C27H32O7/c1-17(2)7-6-8-18(3)11-24-27(16-25(29)34-24)15-20(9-10-23(27)28)33-26(30)19-12-21(31-4)14-22(13-19)32-5/h7,9-14,20,24H,6,8,15-16H2,1-5H3/b18-11+/t20-,24-,27?/m1/s1. The van der Waals surface area contributed by atoms with Crippen molar-refractivity contribution >= 4 is 17.7 Å². The molecule has 1 aromatic carbocycles. The van der Waals surface area contributed by atoms with Crippen molar-refractivity contribution in [1.29, 1.82) is 0 Å². The van der Waals surface area contributed by atoms with E-state index in [4.69, 9.17) is 18.9 Å². The molecule has 3 atom stereocenters. The molecule has 1 spiro atoms. The second-order valence-corrected chi connectivity index (χ2v) is 9.05. The molecule has 1 aromatic rings. The molecule has 7 nitrogen and oxygen atoms in total. The Labute approximate surface area is 200 Å². The van der Waals surface area contributed by atoms with Gasteiger partial charge in [-0.15, -0.1) is 0 Å². The first kappa shape index (κ1) is 25.3. The van der Waals surface area contributed by atoms with Crippen LogP contribution in [0, 0.1) is 5.41 Å². The minimum atomic E-state index is -1.08. The van der Waals surface area contributed by atoms with Crippen LogP contribution in [0.15, 0.2) is 53.6 Å². The lowest BCUT2D eigenvalue weighted by atomic mass is 9.69. The number of cyclic esters (lactones) is 1. The van der Waals surface area contributed by atoms with Crippen LogP contribution in [0.1, 0.15) is 56.8 Å². The van der Waals surface area contributed by atoms with E-state index in [1.54, 1.807) is 24.3 Å². The summed E-state index contributed by atoms with van der Waals surface area (Å²) >= 11 is 0. The molecule has 7 heteroatoms. The van der Waals surface area contributed by atoms with E-state index in [1.807, 2.05) is 26.8 Å². The Bertz CT molecular complexity index is 1020. The van der Waals surface area contributed by atoms with E-state index in [0.717, 1.165) is 18.4 Å². The number of hydrogen-bond acceptors (Lipinski definition) is 7. The van der Waals surface area contributed by atoms with Gasteiger partial charge >= 0.3 is 11.9 Å². The number of rotatable bonds is 8. The number of carbonyl (C=O) groups is 3. The molecular weight excluding hydrogens is 436 g/mol. The van der Waals surface area contributed by atoms with Crippen LogP contribution in [0.3, 0.4) is 0 Å². The van der Waals surface area contributed by atoms with Gasteiger partial charge in [-0.25, -0.2) is 4.79 Å². The summed E-state index contributed by atoms with van der Waals surface area (Å²) in [5.41, 5.74) is 1.46. The predicted molar refractivity (Wildman–Crippen MR) is 127 cm³/mol. The van der Waals surface area contributed by atoms with Crippen molar-refractivity contribution in [3.8, 4) is 11.5 Å². The Morgan fingerprint density at radius 1 is 1.12 bits per heavy atom. The largest absolute Gasteiger partial charge is 0.497 e. The SMILES string of the molecule is COc1cc(OC)cc(C(=O)O[C@@H]2C=CC(=O)C3(CC(=O)O[C@@H]3/C=C(\C)CCC=C(C)C)C2)c1. The average Bonchev–Trinajstić information content (AvgIpc) is 3.10. The Morgan fingerprint density at radius 3 is 2.41 bits per heavy atom. The van der Waals surface area contributed by atoms with Crippen molar-refractivity contribution in [3.05, 3.63) is 59.2 Å². The van der Waals surface area contributed by atoms with Gasteiger partial charge < -0.3 is 18.9 Å². The van der Waals surface area contributed by atoms with Gasteiger partial charge in [0.15, 0.2) is 5.78 Å². The molecule has 0 amide bonds. The van der Waals surface area contributed by atoms with Crippen LogP contribution in [0.4, 0.5) is 0 Å². The number of methoxy groups -OCH3 is 2. The highest BCUT2D eigenvalue weighted by Crippen LogP contribution is 2.45. The van der Waals surface area contributed by atoms with Crippen LogP contribution in [-0.2, 0) is 19.1 Å². The second-order valence-electron chi connectivity index (χ2n) is 9.05. The van der Waals surface area contributed by atoms with E-state index in [2.05, 4.69) is 6.08 Å². The first-order valence-electron chi connectivity index (χ1n) is 11.3. The second kappa shape index (κ2) is 10.7. The molecule has 0 radical (unpaired) electrons. The van der Waals surface area contributed by atoms with Gasteiger partial charge in [0.25, 0.3) is 0 Å². The molecule has 182 valence electrons. The smallest absolute Gasteiger partial charge is 0.338 e. The number of ketones is 1. The molecule has 0 bridgehead atoms. The fourth-order valence-electron chi connectivity index (χ4n) is 4.29. The van der Waals surface area contributed by atoms with Crippen LogP contribution in [0.2, 0.25) is 0 Å². The molecule has 1 aliphatic carbocycles. The van der Waals surface area contributed by atoms with Crippen molar-refractivity contribution in [3.63, 3.8) is 0 Å². The van der Waals surface area contributed by atoms with Crippen LogP contribution in [0.25, 0.3) is 0 Å². The van der Waals surface area contributed by atoms with E-state index in [-0.39, 0.29) is 24.2 Å². The maximum absolute atomic E-state index is 13.0. The number of hydrogen-bond donors (Lipinski definition) is 0. The highest BCUT2D eigenvalue weighted by atomic mass is 16.6. The third-order valence-corrected chi connectivity index (χ3v) is 6.15. The van der Waals surface area contributed by atoms with Gasteiger partial charge in [-0.05, 0) is 64.0 Å². The lowest BCUT2D eigenvalue weighted by Gasteiger charge is -2.34. The number of ether oxygens (including phenoxy) is 4. The summed E-state index contributed by atoms with van der Waals surface area (Å²) in [5, 5.41) is 0. The Kier molecular flexibility index (Phi) is 7.97. The van der Waals surface area contributed by atoms with Gasteiger partial charge in [-0.1, -0.05) is 17.2 Å². The van der Waals surface area contributed by atoms with Gasteiger partial charge in [0.05, 0.1) is 31.6 Å². The first-order chi connectivity index (χ1) is 16.2. The summed E-state index contributed by atoms with van der Waals surface area (Å²) in [5.74, 6) is -0.273. The molecule has 1 unspecified atom stereocenters. The monoisotopic (exact) mass is 468 g/mol. The Hall–Kier alpha value is -3.35. The zero-order valence-corrected chi connectivity index (χ0v) is 20.4. The lowest BCUT2D eigenvalue weighted by molar-refractivity contribution is -0.140. The summed E-state index contributed by atoms with van der Waals surface area (Å²) in [6.45, 7) is 6.06. The minimum Gasteiger partial charge on any atom is -0.497 e. The van der Waals surface area contributed by atoms with Crippen LogP contribution < -0.4 is 9.47 Å². The summed E-state index contributed by atoms with van der Waals surface area (Å²) < 4.78 is 21.7. The molecule has 1 heterocycles. The number of carbonyl (C=O) groups excluding carboxylic acids is 3. The predicted octanol–water partition coefficient (Wildman–Crippen LogP) is 4.75. The van der Waals surface area contributed by atoms with Crippen LogP contribution >= 0.6 is 0 Å². The van der Waals surface area contributed by atoms with E-state index >= 15 is 0 Å². The van der Waals surface area contributed by atoms with E-state index in [1.165, 1.54) is 25.9 Å². The maximum atomic E-state index is 13.0. The fraction of sp³-hybridized carbons (Fsp3) is 0.444. The summed E-state index contributed by atoms with van der Waals surface area (Å²) in [6, 6.07) is 4.77. The van der Waals surface area contributed by atoms with Crippen LogP contribution in [-0.4, -0.2) is 44.1 Å². The van der Waals surface area contributed by atoms with E-state index in [9.17, 15) is 14.4 Å². The molecule has 34 heavy (non-hydrogen) atoms. The zero-order chi connectivity index (χ0) is 24.9. The van der Waals surface area contributed by atoms with Crippen molar-refractivity contribution in [1.82, 2.24) is 0 Å². The topological polar surface area (TPSA) is 88.1 Å². The fourth-order valence-corrected chi connectivity index (χ4v) is 4.29. The van der Waals surface area contributed by atoms with Crippen molar-refractivity contribution < 1.29 is 33.3 Å². The van der Waals surface area contributed by atoms with Gasteiger partial charge in [-0.3, -0.25) is 9.59 Å². The molecule has 0 aromatic heterocycles. The van der Waals surface area contributed by atoms with E-state index < -0.39 is 29.6 Å². The van der Waals surface area contributed by atoms with E-state index in [0.29, 0.717) is 11.5 Å². The molecule has 1 saturated heterocycles. The quantitative estimate of drug-likeness (QED) is 0.402. The molecule has 1 fully saturated rings. The molecule has 3 rings (SSSR count). The van der Waals surface area contributed by atoms with Gasteiger partial charge in [-0.2, -0.15) is 0 Å². The maximum Gasteiger partial charge on any atom is 0.338 e. The zero-order valence-electron chi connectivity index (χ0n) is 20.4. The Morgan fingerprint density at radius 2 is 1.79 bits per heavy atom. The third-order valence-electron chi connectivity index (χ3n) is 6.15. The molecule has 1 aliphatic heterocycles. The highest BCUT2D eigenvalue weighted by molar-refractivity contribution is 6.00. The molecule has 0 N–H and O–H groups in total. The Balaban J connectivity index is 1.79. The highest BCUT2D eigenvalue weighted by Gasteiger charge is 2.55. The van der Waals surface area contributed by atoms with Crippen molar-refractivity contribution in [2.45, 2.75) is 58.7 Å². The average molecular weight is 469 g/mol. The van der Waals surface area contributed by atoms with Crippen LogP contribution in [0.5, 0.6) is 11.5 Å². The minimum absolute atomic E-state index is 0.0420. The normalized spacial score (nSPS) is 24.1. The number of allylic oxidation sites excluding steroid dienone is 4. The van der Waals surface area contributed by atoms with Gasteiger partial charge in [0.2, 0.25) is 0 Å². The summed E-state index contributed by atoms with van der Waals surface area (Å²) in [4.78, 5) is 38.1. The molecular formula is C27H32O7. The summed E-state index contributed by atoms with van der Waals surface area (Å²) in [7, 11) is 2.99. The summed E-state index contributed by atoms with van der Waals surface area (Å²) in [6.07, 6.45) is 7.40. The van der Waals surface area contributed by atoms with Gasteiger partial charge in [0, 0.05) is 12.5 Å². The first-order valence-corrected chi connectivity index (χ1v) is 11.3. The van der Waals surface area contributed by atoms with Gasteiger partial charge in [0.1, 0.15) is 23.7 Å². The van der Waals surface area contributed by atoms with Crippen molar-refractivity contribution in [2.75, 3.05) is 14.2 Å². The lowest BCUT2D eigenvalue weighted by Crippen LogP contribution is -2.43. The third kappa shape index (κ3) is 5.76. The van der Waals surface area contributed by atoms with Crippen molar-refractivity contribution in [2.24, 2.45) is 5.41 Å². The molecule has 2 aliphatic rings. The molecule has 0 saturated carbocycles. The number of benzene rings is 1.